The molecular weight excluding hydrogens is 260 g/mol. The third-order valence-corrected chi connectivity index (χ3v) is 2.94. The Balaban J connectivity index is 2.10. The summed E-state index contributed by atoms with van der Waals surface area (Å²) in [6, 6.07) is 10.4. The zero-order valence-corrected chi connectivity index (χ0v) is 10.6. The summed E-state index contributed by atoms with van der Waals surface area (Å²) in [5.74, 6) is 1.04. The highest BCUT2D eigenvalue weighted by atomic mass is 16.6. The maximum absolute atomic E-state index is 10.7. The van der Waals surface area contributed by atoms with Gasteiger partial charge in [-0.1, -0.05) is 0 Å². The van der Waals surface area contributed by atoms with Crippen LogP contribution in [-0.2, 0) is 0 Å². The lowest BCUT2D eigenvalue weighted by atomic mass is 10.2. The van der Waals surface area contributed by atoms with Gasteiger partial charge in [0, 0.05) is 23.1 Å². The Morgan fingerprint density at radius 2 is 2.10 bits per heavy atom. The molecule has 0 saturated heterocycles. The van der Waals surface area contributed by atoms with Crippen molar-refractivity contribution in [3.05, 3.63) is 52.7 Å². The Kier molecular flexibility index (Phi) is 2.83. The van der Waals surface area contributed by atoms with Crippen LogP contribution in [0.5, 0.6) is 5.75 Å². The quantitative estimate of drug-likeness (QED) is 0.538. The highest BCUT2D eigenvalue weighted by Crippen LogP contribution is 2.30. The van der Waals surface area contributed by atoms with Crippen molar-refractivity contribution < 1.29 is 14.1 Å². The van der Waals surface area contributed by atoms with Crippen LogP contribution < -0.4 is 4.74 Å². The largest absolute Gasteiger partial charge is 0.497 e. The Labute approximate surface area is 113 Å². The number of methoxy groups -OCH3 is 1. The Morgan fingerprint density at radius 3 is 2.85 bits per heavy atom. The van der Waals surface area contributed by atoms with Crippen LogP contribution in [-0.4, -0.2) is 17.0 Å². The van der Waals surface area contributed by atoms with Gasteiger partial charge in [0.05, 0.1) is 7.11 Å². The van der Waals surface area contributed by atoms with Crippen molar-refractivity contribution in [1.29, 1.82) is 0 Å². The maximum Gasteiger partial charge on any atom is 0.364 e. The van der Waals surface area contributed by atoms with Crippen LogP contribution in [0.3, 0.4) is 0 Å². The zero-order chi connectivity index (χ0) is 14.1. The number of nitro groups is 1. The van der Waals surface area contributed by atoms with Gasteiger partial charge in [-0.05, 0) is 34.2 Å². The first-order chi connectivity index (χ1) is 9.67. The molecule has 3 rings (SSSR count). The molecule has 0 aliphatic heterocycles. The van der Waals surface area contributed by atoms with Crippen molar-refractivity contribution in [1.82, 2.24) is 4.98 Å². The number of pyridine rings is 1. The SMILES string of the molecule is COc1ccc2cc(-c3ccnc([N+](=O)[O-])c3)oc2c1. The molecule has 100 valence electrons. The van der Waals surface area contributed by atoms with E-state index in [4.69, 9.17) is 9.15 Å². The molecule has 2 heterocycles. The van der Waals surface area contributed by atoms with Gasteiger partial charge >= 0.3 is 5.82 Å². The average Bonchev–Trinajstić information content (AvgIpc) is 2.90. The first-order valence-electron chi connectivity index (χ1n) is 5.86. The minimum absolute atomic E-state index is 0.208. The van der Waals surface area contributed by atoms with Crippen molar-refractivity contribution >= 4 is 16.8 Å². The van der Waals surface area contributed by atoms with E-state index in [1.165, 1.54) is 12.3 Å². The van der Waals surface area contributed by atoms with Gasteiger partial charge in [0.25, 0.3) is 0 Å². The summed E-state index contributed by atoms with van der Waals surface area (Å²) in [5.41, 5.74) is 1.28. The van der Waals surface area contributed by atoms with Crippen molar-refractivity contribution in [2.24, 2.45) is 0 Å². The summed E-state index contributed by atoms with van der Waals surface area (Å²) in [7, 11) is 1.58. The molecule has 0 atom stereocenters. The maximum atomic E-state index is 10.7. The van der Waals surface area contributed by atoms with E-state index in [-0.39, 0.29) is 5.82 Å². The Morgan fingerprint density at radius 1 is 1.25 bits per heavy atom. The van der Waals surface area contributed by atoms with Gasteiger partial charge in [-0.3, -0.25) is 0 Å². The first kappa shape index (κ1) is 12.2. The zero-order valence-electron chi connectivity index (χ0n) is 10.6. The summed E-state index contributed by atoms with van der Waals surface area (Å²) >= 11 is 0. The molecule has 6 nitrogen and oxygen atoms in total. The third-order valence-electron chi connectivity index (χ3n) is 2.94. The smallest absolute Gasteiger partial charge is 0.364 e. The second-order valence-corrected chi connectivity index (χ2v) is 4.17. The molecule has 3 aromatic rings. The fraction of sp³-hybridized carbons (Fsp3) is 0.0714. The molecule has 2 aromatic heterocycles. The molecule has 0 unspecified atom stereocenters. The molecular formula is C14H10N2O4. The summed E-state index contributed by atoms with van der Waals surface area (Å²) in [5, 5.41) is 11.6. The summed E-state index contributed by atoms with van der Waals surface area (Å²) in [6.45, 7) is 0. The predicted octanol–water partition coefficient (Wildman–Crippen LogP) is 3.41. The Bertz CT molecular complexity index is 795. The first-order valence-corrected chi connectivity index (χ1v) is 5.86. The van der Waals surface area contributed by atoms with Gasteiger partial charge in [0.1, 0.15) is 23.3 Å². The fourth-order valence-electron chi connectivity index (χ4n) is 1.95. The topological polar surface area (TPSA) is 78.4 Å². The molecule has 6 heteroatoms. The third kappa shape index (κ3) is 2.07. The number of benzene rings is 1. The van der Waals surface area contributed by atoms with Crippen molar-refractivity contribution in [2.75, 3.05) is 7.11 Å². The molecule has 0 radical (unpaired) electrons. The number of aromatic nitrogens is 1. The van der Waals surface area contributed by atoms with Crippen LogP contribution >= 0.6 is 0 Å². The summed E-state index contributed by atoms with van der Waals surface area (Å²) in [6.07, 6.45) is 1.39. The molecule has 0 fully saturated rings. The second kappa shape index (κ2) is 4.65. The molecule has 0 spiro atoms. The molecule has 0 amide bonds. The highest BCUT2D eigenvalue weighted by Gasteiger charge is 2.12. The molecule has 0 saturated carbocycles. The van der Waals surface area contributed by atoms with Crippen molar-refractivity contribution in [3.8, 4) is 17.1 Å². The molecule has 20 heavy (non-hydrogen) atoms. The molecule has 0 aliphatic carbocycles. The van der Waals surface area contributed by atoms with E-state index in [0.717, 1.165) is 5.39 Å². The number of rotatable bonds is 3. The lowest BCUT2D eigenvalue weighted by Crippen LogP contribution is -1.91. The van der Waals surface area contributed by atoms with Crippen molar-refractivity contribution in [2.45, 2.75) is 0 Å². The van der Waals surface area contributed by atoms with Crippen LogP contribution in [0, 0.1) is 10.1 Å². The predicted molar refractivity (Wildman–Crippen MR) is 72.7 cm³/mol. The molecule has 0 N–H and O–H groups in total. The van der Waals surface area contributed by atoms with E-state index >= 15 is 0 Å². The normalized spacial score (nSPS) is 10.7. The van der Waals surface area contributed by atoms with E-state index in [1.54, 1.807) is 19.2 Å². The van der Waals surface area contributed by atoms with E-state index in [2.05, 4.69) is 4.98 Å². The van der Waals surface area contributed by atoms with Gasteiger partial charge in [0.2, 0.25) is 0 Å². The van der Waals surface area contributed by atoms with Crippen LogP contribution in [0.1, 0.15) is 0 Å². The average molecular weight is 270 g/mol. The second-order valence-electron chi connectivity index (χ2n) is 4.17. The monoisotopic (exact) mass is 270 g/mol. The molecule has 1 aromatic carbocycles. The van der Waals surface area contributed by atoms with E-state index in [9.17, 15) is 10.1 Å². The number of hydrogen-bond acceptors (Lipinski definition) is 5. The van der Waals surface area contributed by atoms with E-state index in [1.807, 2.05) is 18.2 Å². The van der Waals surface area contributed by atoms with Gasteiger partial charge in [0.15, 0.2) is 0 Å². The van der Waals surface area contributed by atoms with Crippen LogP contribution in [0.2, 0.25) is 0 Å². The number of ether oxygens (including phenoxy) is 1. The fourth-order valence-corrected chi connectivity index (χ4v) is 1.95. The van der Waals surface area contributed by atoms with Gasteiger partial charge < -0.3 is 19.3 Å². The number of fused-ring (bicyclic) bond motifs is 1. The highest BCUT2D eigenvalue weighted by molar-refractivity contribution is 5.84. The van der Waals surface area contributed by atoms with Crippen LogP contribution in [0.15, 0.2) is 47.0 Å². The van der Waals surface area contributed by atoms with E-state index in [0.29, 0.717) is 22.7 Å². The number of nitrogens with zero attached hydrogens (tertiary/aromatic N) is 2. The summed E-state index contributed by atoms with van der Waals surface area (Å²) in [4.78, 5) is 13.9. The molecule has 0 aliphatic rings. The summed E-state index contributed by atoms with van der Waals surface area (Å²) < 4.78 is 10.8. The van der Waals surface area contributed by atoms with Crippen LogP contribution in [0.4, 0.5) is 5.82 Å². The number of hydrogen-bond donors (Lipinski definition) is 0. The van der Waals surface area contributed by atoms with Gasteiger partial charge in [-0.25, -0.2) is 0 Å². The van der Waals surface area contributed by atoms with Crippen molar-refractivity contribution in [3.63, 3.8) is 0 Å². The minimum atomic E-state index is -0.533. The Hall–Kier alpha value is -2.89. The van der Waals surface area contributed by atoms with Gasteiger partial charge in [-0.15, -0.1) is 0 Å². The standard InChI is InChI=1S/C14H10N2O4/c1-19-11-3-2-9-6-12(20-13(9)8-11)10-4-5-15-14(7-10)16(17)18/h2-8H,1H3. The molecule has 0 bridgehead atoms. The minimum Gasteiger partial charge on any atom is -0.497 e. The van der Waals surface area contributed by atoms with Gasteiger partial charge in [-0.2, -0.15) is 0 Å². The van der Waals surface area contributed by atoms with E-state index < -0.39 is 4.92 Å². The van der Waals surface area contributed by atoms with Crippen LogP contribution in [0.25, 0.3) is 22.3 Å². The lowest BCUT2D eigenvalue weighted by Gasteiger charge is -1.97. The lowest BCUT2D eigenvalue weighted by molar-refractivity contribution is -0.389. The number of furan rings is 1.